The fourth-order valence-electron chi connectivity index (χ4n) is 1.47. The monoisotopic (exact) mass is 243 g/mol. The number of nitrogens with zero attached hydrogens (tertiary/aromatic N) is 1. The molecule has 1 fully saturated rings. The molecule has 1 amide bonds. The van der Waals surface area contributed by atoms with E-state index in [1.54, 1.807) is 6.07 Å². The van der Waals surface area contributed by atoms with Gasteiger partial charge in [0.15, 0.2) is 4.67 Å². The van der Waals surface area contributed by atoms with Gasteiger partial charge in [-0.05, 0) is 21.8 Å². The fourth-order valence-corrected chi connectivity index (χ4v) is 1.81. The van der Waals surface area contributed by atoms with Crippen LogP contribution in [0.1, 0.15) is 17.3 Å². The summed E-state index contributed by atoms with van der Waals surface area (Å²) in [6.45, 7) is 3.86. The van der Waals surface area contributed by atoms with E-state index in [1.807, 2.05) is 4.90 Å². The summed E-state index contributed by atoms with van der Waals surface area (Å²) in [5.74, 6) is 0.701. The molecule has 2 heterocycles. The summed E-state index contributed by atoms with van der Waals surface area (Å²) in [6.07, 6.45) is 1.48. The highest BCUT2D eigenvalue weighted by molar-refractivity contribution is 9.10. The zero-order valence-electron chi connectivity index (χ0n) is 7.29. The van der Waals surface area contributed by atoms with Crippen molar-refractivity contribution in [2.45, 2.75) is 6.92 Å². The van der Waals surface area contributed by atoms with Crippen LogP contribution in [0.5, 0.6) is 0 Å². The Morgan fingerprint density at radius 1 is 1.69 bits per heavy atom. The van der Waals surface area contributed by atoms with Gasteiger partial charge in [-0.1, -0.05) is 6.92 Å². The number of furan rings is 1. The first-order valence-electron chi connectivity index (χ1n) is 4.20. The summed E-state index contributed by atoms with van der Waals surface area (Å²) >= 11 is 3.16. The molecule has 0 saturated carbocycles. The molecule has 0 spiro atoms. The van der Waals surface area contributed by atoms with Gasteiger partial charge in [-0.25, -0.2) is 0 Å². The maximum Gasteiger partial charge on any atom is 0.257 e. The van der Waals surface area contributed by atoms with Crippen molar-refractivity contribution in [3.05, 3.63) is 22.6 Å². The van der Waals surface area contributed by atoms with Crippen LogP contribution >= 0.6 is 15.9 Å². The van der Waals surface area contributed by atoms with Gasteiger partial charge in [-0.3, -0.25) is 4.79 Å². The Hall–Kier alpha value is -0.770. The second-order valence-electron chi connectivity index (χ2n) is 3.45. The van der Waals surface area contributed by atoms with Crippen LogP contribution < -0.4 is 0 Å². The van der Waals surface area contributed by atoms with Crippen molar-refractivity contribution in [3.8, 4) is 0 Å². The number of hydrogen-bond donors (Lipinski definition) is 0. The highest BCUT2D eigenvalue weighted by atomic mass is 79.9. The van der Waals surface area contributed by atoms with Gasteiger partial charge in [0.1, 0.15) is 6.26 Å². The fraction of sp³-hybridized carbons (Fsp3) is 0.444. The minimum absolute atomic E-state index is 0.0625. The smallest absolute Gasteiger partial charge is 0.257 e. The molecule has 0 unspecified atom stereocenters. The maximum atomic E-state index is 11.6. The van der Waals surface area contributed by atoms with Crippen molar-refractivity contribution in [1.29, 1.82) is 0 Å². The van der Waals surface area contributed by atoms with Crippen LogP contribution in [0.4, 0.5) is 0 Å². The number of amides is 1. The number of carbonyl (C=O) groups is 1. The Bertz CT molecular complexity index is 328. The van der Waals surface area contributed by atoms with E-state index in [4.69, 9.17) is 4.42 Å². The predicted octanol–water partition coefficient (Wildman–Crippen LogP) is 2.13. The lowest BCUT2D eigenvalue weighted by Gasteiger charge is -2.36. The van der Waals surface area contributed by atoms with Crippen molar-refractivity contribution in [2.75, 3.05) is 13.1 Å². The van der Waals surface area contributed by atoms with Crippen LogP contribution in [0.3, 0.4) is 0 Å². The average Bonchev–Trinajstić information content (AvgIpc) is 2.45. The van der Waals surface area contributed by atoms with E-state index in [0.717, 1.165) is 13.1 Å². The molecule has 0 N–H and O–H groups in total. The van der Waals surface area contributed by atoms with Crippen molar-refractivity contribution in [1.82, 2.24) is 4.90 Å². The average molecular weight is 244 g/mol. The van der Waals surface area contributed by atoms with Gasteiger partial charge in [-0.2, -0.15) is 0 Å². The standard InChI is InChI=1S/C9H10BrNO2/c1-6-3-11(4-6)9(12)7-2-8(10)13-5-7/h2,5-6H,3-4H2,1H3. The maximum absolute atomic E-state index is 11.6. The molecular formula is C9H10BrNO2. The molecule has 0 radical (unpaired) electrons. The van der Waals surface area contributed by atoms with Gasteiger partial charge in [-0.15, -0.1) is 0 Å². The molecule has 0 atom stereocenters. The number of carbonyl (C=O) groups excluding carboxylic acids is 1. The minimum Gasteiger partial charge on any atom is -0.457 e. The lowest BCUT2D eigenvalue weighted by Crippen LogP contribution is -2.48. The molecule has 4 heteroatoms. The van der Waals surface area contributed by atoms with Gasteiger partial charge >= 0.3 is 0 Å². The van der Waals surface area contributed by atoms with Gasteiger partial charge in [0.05, 0.1) is 5.56 Å². The van der Waals surface area contributed by atoms with Gasteiger partial charge in [0.2, 0.25) is 0 Å². The van der Waals surface area contributed by atoms with E-state index in [1.165, 1.54) is 6.26 Å². The van der Waals surface area contributed by atoms with Gasteiger partial charge < -0.3 is 9.32 Å². The molecule has 3 nitrogen and oxygen atoms in total. The zero-order chi connectivity index (χ0) is 9.42. The highest BCUT2D eigenvalue weighted by Gasteiger charge is 2.28. The Morgan fingerprint density at radius 3 is 2.85 bits per heavy atom. The van der Waals surface area contributed by atoms with E-state index in [-0.39, 0.29) is 5.91 Å². The lowest BCUT2D eigenvalue weighted by atomic mass is 10.0. The number of halogens is 1. The van der Waals surface area contributed by atoms with E-state index in [0.29, 0.717) is 16.2 Å². The molecular weight excluding hydrogens is 234 g/mol. The first-order valence-corrected chi connectivity index (χ1v) is 4.99. The Balaban J connectivity index is 2.06. The van der Waals surface area contributed by atoms with Crippen LogP contribution in [-0.2, 0) is 0 Å². The topological polar surface area (TPSA) is 33.5 Å². The zero-order valence-corrected chi connectivity index (χ0v) is 8.87. The van der Waals surface area contributed by atoms with Crippen LogP contribution in [-0.4, -0.2) is 23.9 Å². The number of hydrogen-bond acceptors (Lipinski definition) is 2. The summed E-state index contributed by atoms with van der Waals surface area (Å²) in [6, 6.07) is 1.70. The third-order valence-corrected chi connectivity index (χ3v) is 2.58. The summed E-state index contributed by atoms with van der Waals surface area (Å²) < 4.78 is 5.60. The first kappa shape index (κ1) is 8.81. The summed E-state index contributed by atoms with van der Waals surface area (Å²) in [5.41, 5.74) is 0.624. The predicted molar refractivity (Wildman–Crippen MR) is 51.5 cm³/mol. The summed E-state index contributed by atoms with van der Waals surface area (Å²) in [7, 11) is 0. The van der Waals surface area contributed by atoms with Crippen LogP contribution in [0, 0.1) is 5.92 Å². The number of rotatable bonds is 1. The lowest BCUT2D eigenvalue weighted by molar-refractivity contribution is 0.0529. The molecule has 0 aliphatic carbocycles. The van der Waals surface area contributed by atoms with E-state index in [2.05, 4.69) is 22.9 Å². The highest BCUT2D eigenvalue weighted by Crippen LogP contribution is 2.20. The Morgan fingerprint density at radius 2 is 2.38 bits per heavy atom. The molecule has 1 aliphatic heterocycles. The third-order valence-electron chi connectivity index (χ3n) is 2.17. The van der Waals surface area contributed by atoms with Gasteiger partial charge in [0, 0.05) is 19.2 Å². The summed E-state index contributed by atoms with van der Waals surface area (Å²) in [4.78, 5) is 13.5. The molecule has 1 aromatic heterocycles. The van der Waals surface area contributed by atoms with E-state index >= 15 is 0 Å². The SMILES string of the molecule is CC1CN(C(=O)c2coc(Br)c2)C1. The second-order valence-corrected chi connectivity index (χ2v) is 4.24. The first-order chi connectivity index (χ1) is 6.16. The van der Waals surface area contributed by atoms with Crippen molar-refractivity contribution in [3.63, 3.8) is 0 Å². The molecule has 2 rings (SSSR count). The molecule has 70 valence electrons. The Kier molecular flexibility index (Phi) is 2.15. The molecule has 0 aromatic carbocycles. The van der Waals surface area contributed by atoms with Crippen molar-refractivity contribution < 1.29 is 9.21 Å². The van der Waals surface area contributed by atoms with Crippen molar-refractivity contribution >= 4 is 21.8 Å². The minimum atomic E-state index is 0.0625. The molecule has 1 saturated heterocycles. The quantitative estimate of drug-likeness (QED) is 0.758. The molecule has 13 heavy (non-hydrogen) atoms. The second kappa shape index (κ2) is 3.18. The number of likely N-dealkylation sites (tertiary alicyclic amines) is 1. The van der Waals surface area contributed by atoms with E-state index < -0.39 is 0 Å². The van der Waals surface area contributed by atoms with E-state index in [9.17, 15) is 4.79 Å². The van der Waals surface area contributed by atoms with Crippen LogP contribution in [0.2, 0.25) is 0 Å². The largest absolute Gasteiger partial charge is 0.457 e. The van der Waals surface area contributed by atoms with Crippen LogP contribution in [0.15, 0.2) is 21.4 Å². The molecule has 1 aromatic rings. The van der Waals surface area contributed by atoms with Crippen molar-refractivity contribution in [2.24, 2.45) is 5.92 Å². The third kappa shape index (κ3) is 1.63. The van der Waals surface area contributed by atoms with Gasteiger partial charge in [0.25, 0.3) is 5.91 Å². The molecule has 0 bridgehead atoms. The normalized spacial score (nSPS) is 17.2. The summed E-state index contributed by atoms with van der Waals surface area (Å²) in [5, 5.41) is 0. The Labute approximate surface area is 84.8 Å². The molecule has 1 aliphatic rings. The van der Waals surface area contributed by atoms with Crippen LogP contribution in [0.25, 0.3) is 0 Å².